The van der Waals surface area contributed by atoms with Crippen molar-refractivity contribution in [2.75, 3.05) is 26.2 Å². The molecule has 1 aliphatic rings. The van der Waals surface area contributed by atoms with Crippen LogP contribution in [0, 0.1) is 5.82 Å². The maximum atomic E-state index is 12.9. The van der Waals surface area contributed by atoms with Crippen LogP contribution in [0.3, 0.4) is 0 Å². The molecule has 1 amide bonds. The van der Waals surface area contributed by atoms with Gasteiger partial charge in [0.05, 0.1) is 12.6 Å². The van der Waals surface area contributed by atoms with Gasteiger partial charge in [-0.3, -0.25) is 9.79 Å². The van der Waals surface area contributed by atoms with E-state index in [-0.39, 0.29) is 48.3 Å². The largest absolute Gasteiger partial charge is 0.386 e. The fraction of sp³-hybridized carbons (Fsp3) is 0.556. The minimum atomic E-state index is -0.794. The van der Waals surface area contributed by atoms with Crippen molar-refractivity contribution in [2.24, 2.45) is 4.99 Å². The molecule has 1 aromatic rings. The minimum absolute atomic E-state index is 0. The van der Waals surface area contributed by atoms with E-state index in [9.17, 15) is 14.3 Å². The highest BCUT2D eigenvalue weighted by Crippen LogP contribution is 2.14. The van der Waals surface area contributed by atoms with E-state index in [0.29, 0.717) is 31.0 Å². The Hall–Kier alpha value is -1.42. The third kappa shape index (κ3) is 6.71. The van der Waals surface area contributed by atoms with Crippen molar-refractivity contribution < 1.29 is 14.3 Å². The molecule has 26 heavy (non-hydrogen) atoms. The van der Waals surface area contributed by atoms with Crippen LogP contribution >= 0.6 is 24.0 Å². The van der Waals surface area contributed by atoms with Crippen molar-refractivity contribution in [2.45, 2.75) is 38.8 Å². The summed E-state index contributed by atoms with van der Waals surface area (Å²) in [5.41, 5.74) is 0.626. The quantitative estimate of drug-likeness (QED) is 0.333. The van der Waals surface area contributed by atoms with Gasteiger partial charge in [-0.2, -0.15) is 0 Å². The summed E-state index contributed by atoms with van der Waals surface area (Å²) in [5, 5.41) is 16.7. The molecule has 0 radical (unpaired) electrons. The number of carbonyl (C=O) groups is 1. The number of aliphatic hydroxyl groups excluding tert-OH is 1. The number of amides is 1. The van der Waals surface area contributed by atoms with E-state index >= 15 is 0 Å². The van der Waals surface area contributed by atoms with Gasteiger partial charge in [0.25, 0.3) is 0 Å². The molecule has 3 N–H and O–H groups in total. The molecule has 1 aromatic carbocycles. The molecule has 2 rings (SSSR count). The Kier molecular flexibility index (Phi) is 9.85. The Morgan fingerprint density at radius 1 is 1.38 bits per heavy atom. The topological polar surface area (TPSA) is 77.0 Å². The average Bonchev–Trinajstić information content (AvgIpc) is 3.08. The molecular weight excluding hydrogens is 450 g/mol. The first-order valence-corrected chi connectivity index (χ1v) is 8.79. The zero-order valence-corrected chi connectivity index (χ0v) is 17.6. The summed E-state index contributed by atoms with van der Waals surface area (Å²) in [4.78, 5) is 18.0. The molecule has 6 nitrogen and oxygen atoms in total. The molecule has 1 saturated heterocycles. The van der Waals surface area contributed by atoms with Crippen LogP contribution in [0.5, 0.6) is 0 Å². The number of hydrogen-bond donors (Lipinski definition) is 3. The lowest BCUT2D eigenvalue weighted by molar-refractivity contribution is -0.129. The second-order valence-corrected chi connectivity index (χ2v) is 6.11. The van der Waals surface area contributed by atoms with Gasteiger partial charge in [0.15, 0.2) is 5.96 Å². The minimum Gasteiger partial charge on any atom is -0.386 e. The molecule has 1 heterocycles. The van der Waals surface area contributed by atoms with Gasteiger partial charge in [0, 0.05) is 32.1 Å². The van der Waals surface area contributed by atoms with E-state index in [4.69, 9.17) is 0 Å². The number of guanidine groups is 1. The first kappa shape index (κ1) is 22.6. The van der Waals surface area contributed by atoms with Gasteiger partial charge in [-0.1, -0.05) is 19.1 Å². The van der Waals surface area contributed by atoms with Gasteiger partial charge >= 0.3 is 0 Å². The first-order valence-electron chi connectivity index (χ1n) is 8.79. The van der Waals surface area contributed by atoms with Gasteiger partial charge in [-0.05, 0) is 31.0 Å². The summed E-state index contributed by atoms with van der Waals surface area (Å²) in [6.07, 6.45) is 0.597. The Morgan fingerprint density at radius 3 is 2.69 bits per heavy atom. The maximum absolute atomic E-state index is 12.9. The second kappa shape index (κ2) is 11.3. The van der Waals surface area contributed by atoms with Crippen LogP contribution in [-0.2, 0) is 4.79 Å². The van der Waals surface area contributed by atoms with Crippen LogP contribution in [0.1, 0.15) is 38.4 Å². The molecule has 1 aliphatic heterocycles. The lowest BCUT2D eigenvalue weighted by atomic mass is 10.1. The number of aliphatic imine (C=N–C) groups is 1. The highest BCUT2D eigenvalue weighted by Gasteiger charge is 2.25. The molecule has 0 spiro atoms. The summed E-state index contributed by atoms with van der Waals surface area (Å²) in [6, 6.07) is 5.91. The number of rotatable bonds is 6. The molecule has 2 atom stereocenters. The molecule has 1 fully saturated rings. The fourth-order valence-corrected chi connectivity index (χ4v) is 2.81. The van der Waals surface area contributed by atoms with E-state index in [1.54, 1.807) is 12.1 Å². The SMILES string of the molecule is CCNC(=NCC(O)c1ccc(F)cc1)NC1CCN(C(=O)CC)C1.I. The van der Waals surface area contributed by atoms with Crippen LogP contribution in [0.25, 0.3) is 0 Å². The van der Waals surface area contributed by atoms with Crippen molar-refractivity contribution in [1.29, 1.82) is 0 Å². The monoisotopic (exact) mass is 478 g/mol. The van der Waals surface area contributed by atoms with Crippen LogP contribution in [-0.4, -0.2) is 54.1 Å². The number of aliphatic hydroxyl groups is 1. The number of benzene rings is 1. The van der Waals surface area contributed by atoms with E-state index in [1.807, 2.05) is 18.7 Å². The summed E-state index contributed by atoms with van der Waals surface area (Å²) in [5.74, 6) is 0.444. The summed E-state index contributed by atoms with van der Waals surface area (Å²) < 4.78 is 12.9. The molecule has 146 valence electrons. The van der Waals surface area contributed by atoms with Crippen molar-refractivity contribution in [3.63, 3.8) is 0 Å². The highest BCUT2D eigenvalue weighted by atomic mass is 127. The normalized spacial score (nSPS) is 18.2. The van der Waals surface area contributed by atoms with Gasteiger partial charge < -0.3 is 20.6 Å². The zero-order valence-electron chi connectivity index (χ0n) is 15.2. The standard InChI is InChI=1S/C18H27FN4O2.HI/c1-3-17(25)23-10-9-15(12-23)22-18(20-4-2)21-11-16(24)13-5-7-14(19)8-6-13;/h5-8,15-16,24H,3-4,9-12H2,1-2H3,(H2,20,21,22);1H. The lowest BCUT2D eigenvalue weighted by Gasteiger charge is -2.19. The third-order valence-electron chi connectivity index (χ3n) is 4.21. The fourth-order valence-electron chi connectivity index (χ4n) is 2.81. The van der Waals surface area contributed by atoms with Crippen molar-refractivity contribution in [1.82, 2.24) is 15.5 Å². The second-order valence-electron chi connectivity index (χ2n) is 6.11. The lowest BCUT2D eigenvalue weighted by Crippen LogP contribution is -2.45. The number of carbonyl (C=O) groups excluding carboxylic acids is 1. The van der Waals surface area contributed by atoms with Crippen molar-refractivity contribution >= 4 is 35.8 Å². The first-order chi connectivity index (χ1) is 12.0. The van der Waals surface area contributed by atoms with Gasteiger partial charge in [-0.15, -0.1) is 24.0 Å². The number of hydrogen-bond acceptors (Lipinski definition) is 3. The Balaban J connectivity index is 0.00000338. The smallest absolute Gasteiger partial charge is 0.222 e. The molecule has 0 bridgehead atoms. The third-order valence-corrected chi connectivity index (χ3v) is 4.21. The van der Waals surface area contributed by atoms with E-state index in [1.165, 1.54) is 12.1 Å². The van der Waals surface area contributed by atoms with E-state index in [2.05, 4.69) is 15.6 Å². The van der Waals surface area contributed by atoms with E-state index in [0.717, 1.165) is 13.0 Å². The predicted octanol–water partition coefficient (Wildman–Crippen LogP) is 2.04. The Labute approximate surface area is 171 Å². The maximum Gasteiger partial charge on any atom is 0.222 e. The number of likely N-dealkylation sites (tertiary alicyclic amines) is 1. The van der Waals surface area contributed by atoms with Crippen LogP contribution in [0.4, 0.5) is 4.39 Å². The van der Waals surface area contributed by atoms with Crippen LogP contribution in [0.2, 0.25) is 0 Å². The van der Waals surface area contributed by atoms with Crippen LogP contribution < -0.4 is 10.6 Å². The van der Waals surface area contributed by atoms with Gasteiger partial charge in [0.1, 0.15) is 5.82 Å². The number of halogens is 2. The average molecular weight is 478 g/mol. The van der Waals surface area contributed by atoms with Crippen molar-refractivity contribution in [3.8, 4) is 0 Å². The molecule has 0 saturated carbocycles. The Bertz CT molecular complexity index is 597. The summed E-state index contributed by atoms with van der Waals surface area (Å²) >= 11 is 0. The summed E-state index contributed by atoms with van der Waals surface area (Å²) in [7, 11) is 0. The van der Waals surface area contributed by atoms with Crippen molar-refractivity contribution in [3.05, 3.63) is 35.6 Å². The molecule has 8 heteroatoms. The highest BCUT2D eigenvalue weighted by molar-refractivity contribution is 14.0. The molecule has 0 aliphatic carbocycles. The van der Waals surface area contributed by atoms with Gasteiger partial charge in [0.2, 0.25) is 5.91 Å². The van der Waals surface area contributed by atoms with Gasteiger partial charge in [-0.25, -0.2) is 4.39 Å². The van der Waals surface area contributed by atoms with Crippen LogP contribution in [0.15, 0.2) is 29.3 Å². The predicted molar refractivity (Wildman–Crippen MR) is 111 cm³/mol. The number of nitrogens with one attached hydrogen (secondary N) is 2. The van der Waals surface area contributed by atoms with E-state index < -0.39 is 6.10 Å². The molecular formula is C18H28FIN4O2. The zero-order chi connectivity index (χ0) is 18.2. The Morgan fingerprint density at radius 2 is 2.08 bits per heavy atom. The summed E-state index contributed by atoms with van der Waals surface area (Å²) in [6.45, 7) is 6.12. The number of nitrogens with zero attached hydrogens (tertiary/aromatic N) is 2. The molecule has 2 unspecified atom stereocenters. The molecule has 0 aromatic heterocycles.